The molecule has 2 amide bonds. The number of rotatable bonds is 6. The first-order chi connectivity index (χ1) is 18.8. The van der Waals surface area contributed by atoms with Crippen molar-refractivity contribution in [2.75, 3.05) is 18.5 Å². The van der Waals surface area contributed by atoms with Gasteiger partial charge < -0.3 is 25.6 Å². The van der Waals surface area contributed by atoms with E-state index in [4.69, 9.17) is 15.2 Å². The minimum atomic E-state index is -0.911. The molecule has 12 heteroatoms. The molecule has 6 heterocycles. The highest BCUT2D eigenvalue weighted by atomic mass is 16.5. The number of amides is 2. The lowest BCUT2D eigenvalue weighted by molar-refractivity contribution is -0.0857. The van der Waals surface area contributed by atoms with E-state index in [0.29, 0.717) is 49.0 Å². The fraction of sp³-hybridized carbons (Fsp3) is 0.296. The predicted molar refractivity (Wildman–Crippen MR) is 141 cm³/mol. The van der Waals surface area contributed by atoms with Gasteiger partial charge in [-0.25, -0.2) is 14.3 Å². The molecule has 200 valence electrons. The number of pyridine rings is 3. The Morgan fingerprint density at radius 3 is 2.56 bits per heavy atom. The number of nitrogens with zero attached hydrogens (tertiary/aromatic N) is 5. The first-order valence-corrected chi connectivity index (χ1v) is 12.6. The lowest BCUT2D eigenvalue weighted by Crippen LogP contribution is -2.60. The van der Waals surface area contributed by atoms with Crippen LogP contribution in [0.2, 0.25) is 0 Å². The van der Waals surface area contributed by atoms with Crippen LogP contribution in [0.15, 0.2) is 55.0 Å². The summed E-state index contributed by atoms with van der Waals surface area (Å²) in [5, 5.41) is 17.3. The largest absolute Gasteiger partial charge is 0.488 e. The summed E-state index contributed by atoms with van der Waals surface area (Å²) in [5.41, 5.74) is 9.15. The zero-order chi connectivity index (χ0) is 27.1. The van der Waals surface area contributed by atoms with Crippen LogP contribution in [0.1, 0.15) is 28.9 Å². The highest BCUT2D eigenvalue weighted by molar-refractivity contribution is 5.92. The number of carbonyl (C=O) groups is 2. The van der Waals surface area contributed by atoms with E-state index in [-0.39, 0.29) is 18.2 Å². The average Bonchev–Trinajstić information content (AvgIpc) is 3.31. The average molecular weight is 530 g/mol. The van der Waals surface area contributed by atoms with Gasteiger partial charge in [0.1, 0.15) is 17.7 Å². The molecular formula is C27H27N7O5. The monoisotopic (exact) mass is 529 g/mol. The second kappa shape index (κ2) is 9.87. The van der Waals surface area contributed by atoms with E-state index in [1.54, 1.807) is 22.8 Å². The van der Waals surface area contributed by atoms with Crippen molar-refractivity contribution in [3.8, 4) is 16.9 Å². The molecule has 2 aliphatic rings. The van der Waals surface area contributed by atoms with Gasteiger partial charge in [-0.1, -0.05) is 0 Å². The van der Waals surface area contributed by atoms with Crippen molar-refractivity contribution in [1.29, 1.82) is 0 Å². The number of carboxylic acid groups (broad SMARTS) is 1. The van der Waals surface area contributed by atoms with Gasteiger partial charge in [0.2, 0.25) is 5.91 Å². The predicted octanol–water partition coefficient (Wildman–Crippen LogP) is 3.23. The van der Waals surface area contributed by atoms with Gasteiger partial charge in [-0.05, 0) is 42.8 Å². The van der Waals surface area contributed by atoms with Crippen LogP contribution in [0.5, 0.6) is 5.75 Å². The van der Waals surface area contributed by atoms with Crippen molar-refractivity contribution in [2.45, 2.75) is 38.0 Å². The summed E-state index contributed by atoms with van der Waals surface area (Å²) in [7, 11) is 0. The van der Waals surface area contributed by atoms with Gasteiger partial charge in [0, 0.05) is 42.6 Å². The minimum absolute atomic E-state index is 0.147. The fourth-order valence-electron chi connectivity index (χ4n) is 5.29. The Morgan fingerprint density at radius 2 is 1.87 bits per heavy atom. The Kier molecular flexibility index (Phi) is 6.23. The van der Waals surface area contributed by atoms with Gasteiger partial charge in [0.05, 0.1) is 42.6 Å². The fourth-order valence-corrected chi connectivity index (χ4v) is 5.29. The lowest BCUT2D eigenvalue weighted by Gasteiger charge is -2.46. The number of primary amides is 1. The molecular weight excluding hydrogens is 502 g/mol. The molecule has 2 bridgehead atoms. The Hall–Kier alpha value is -4.71. The highest BCUT2D eigenvalue weighted by Gasteiger charge is 2.42. The van der Waals surface area contributed by atoms with Crippen molar-refractivity contribution in [1.82, 2.24) is 24.5 Å². The standard InChI is InChI=1S/C27H27N7O5/c1-15-6-22(23(12-29-15)39-21-8-19-13-38-14-20(9-21)34(19)27(36)37)16-4-5-33-18(7-16)10-25(32-33)31-24-3-2-17(11-30-24)26(28)35/h2-7,10-12,19-21H,8-9,13-14H2,1H3,(H2,28,35)(H,36,37)(H,30,31,32). The lowest BCUT2D eigenvalue weighted by atomic mass is 9.92. The molecule has 0 radical (unpaired) electrons. The normalized spacial score (nSPS) is 20.5. The maximum absolute atomic E-state index is 11.7. The number of aryl methyl sites for hydroxylation is 1. The molecule has 0 saturated carbocycles. The van der Waals surface area contributed by atoms with Crippen LogP contribution in [-0.4, -0.2) is 73.0 Å². The van der Waals surface area contributed by atoms with Crippen LogP contribution in [0.25, 0.3) is 16.6 Å². The number of ether oxygens (including phenoxy) is 2. The summed E-state index contributed by atoms with van der Waals surface area (Å²) in [6.45, 7) is 2.68. The number of hydrogen-bond donors (Lipinski definition) is 3. The van der Waals surface area contributed by atoms with Crippen LogP contribution in [0.3, 0.4) is 0 Å². The third-order valence-electron chi connectivity index (χ3n) is 7.07. The van der Waals surface area contributed by atoms with Crippen molar-refractivity contribution in [3.05, 3.63) is 66.2 Å². The summed E-state index contributed by atoms with van der Waals surface area (Å²) < 4.78 is 13.8. The maximum atomic E-state index is 11.7. The summed E-state index contributed by atoms with van der Waals surface area (Å²) in [4.78, 5) is 33.2. The van der Waals surface area contributed by atoms with E-state index in [9.17, 15) is 14.7 Å². The first-order valence-electron chi connectivity index (χ1n) is 12.6. The number of aromatic nitrogens is 4. The highest BCUT2D eigenvalue weighted by Crippen LogP contribution is 2.35. The molecule has 4 N–H and O–H groups in total. The molecule has 2 unspecified atom stereocenters. The van der Waals surface area contributed by atoms with Gasteiger partial charge >= 0.3 is 6.09 Å². The Balaban J connectivity index is 1.24. The number of fused-ring (bicyclic) bond motifs is 3. The van der Waals surface area contributed by atoms with E-state index >= 15 is 0 Å². The van der Waals surface area contributed by atoms with Gasteiger partial charge in [-0.2, -0.15) is 5.10 Å². The summed E-state index contributed by atoms with van der Waals surface area (Å²) >= 11 is 0. The van der Waals surface area contributed by atoms with Gasteiger partial charge in [0.15, 0.2) is 5.82 Å². The molecule has 0 aliphatic carbocycles. The number of piperidine rings is 1. The SMILES string of the molecule is Cc1cc(-c2ccn3nc(Nc4ccc(C(N)=O)cn4)cc3c2)c(OC2CC3COCC(C2)N3C(=O)O)cn1. The Labute approximate surface area is 223 Å². The van der Waals surface area contributed by atoms with E-state index in [1.807, 2.05) is 37.4 Å². The molecule has 2 aliphatic heterocycles. The molecule has 4 aromatic rings. The van der Waals surface area contributed by atoms with Crippen LogP contribution in [0.4, 0.5) is 16.4 Å². The Bertz CT molecular complexity index is 1540. The van der Waals surface area contributed by atoms with E-state index < -0.39 is 12.0 Å². The molecule has 39 heavy (non-hydrogen) atoms. The molecule has 6 rings (SSSR count). The molecule has 2 saturated heterocycles. The van der Waals surface area contributed by atoms with Gasteiger partial charge in [-0.3, -0.25) is 14.7 Å². The number of nitrogens with two attached hydrogens (primary N) is 1. The van der Waals surface area contributed by atoms with Gasteiger partial charge in [0.25, 0.3) is 0 Å². The minimum Gasteiger partial charge on any atom is -0.488 e. The number of anilines is 2. The van der Waals surface area contributed by atoms with Crippen LogP contribution in [-0.2, 0) is 4.74 Å². The van der Waals surface area contributed by atoms with E-state index in [2.05, 4.69) is 20.4 Å². The maximum Gasteiger partial charge on any atom is 0.407 e. The molecule has 12 nitrogen and oxygen atoms in total. The zero-order valence-corrected chi connectivity index (χ0v) is 21.2. The first kappa shape index (κ1) is 24.6. The molecule has 0 spiro atoms. The van der Waals surface area contributed by atoms with Crippen molar-refractivity contribution >= 4 is 29.2 Å². The zero-order valence-electron chi connectivity index (χ0n) is 21.2. The number of nitrogens with one attached hydrogen (secondary N) is 1. The number of morpholine rings is 1. The van der Waals surface area contributed by atoms with Crippen LogP contribution in [0, 0.1) is 6.92 Å². The van der Waals surface area contributed by atoms with Gasteiger partial charge in [-0.15, -0.1) is 0 Å². The third kappa shape index (κ3) is 4.93. The van der Waals surface area contributed by atoms with Crippen LogP contribution < -0.4 is 15.8 Å². The molecule has 2 fully saturated rings. The van der Waals surface area contributed by atoms with Crippen molar-refractivity contribution < 1.29 is 24.2 Å². The van der Waals surface area contributed by atoms with E-state index in [0.717, 1.165) is 22.3 Å². The van der Waals surface area contributed by atoms with Crippen molar-refractivity contribution in [2.24, 2.45) is 5.73 Å². The van der Waals surface area contributed by atoms with Crippen LogP contribution >= 0.6 is 0 Å². The quantitative estimate of drug-likeness (QED) is 0.341. The molecule has 2 atom stereocenters. The molecule has 4 aromatic heterocycles. The molecule has 0 aromatic carbocycles. The topological polar surface area (TPSA) is 157 Å². The summed E-state index contributed by atoms with van der Waals surface area (Å²) in [6.07, 6.45) is 5.07. The second-order valence-corrected chi connectivity index (χ2v) is 9.80. The number of carbonyl (C=O) groups excluding carboxylic acids is 1. The van der Waals surface area contributed by atoms with E-state index in [1.165, 1.54) is 11.1 Å². The second-order valence-electron chi connectivity index (χ2n) is 9.80. The summed E-state index contributed by atoms with van der Waals surface area (Å²) in [5.74, 6) is 1.24. The summed E-state index contributed by atoms with van der Waals surface area (Å²) in [6, 6.07) is 10.7. The Morgan fingerprint density at radius 1 is 1.08 bits per heavy atom. The van der Waals surface area contributed by atoms with Crippen molar-refractivity contribution in [3.63, 3.8) is 0 Å². The number of hydrogen-bond acceptors (Lipinski definition) is 8. The smallest absolute Gasteiger partial charge is 0.407 e. The third-order valence-corrected chi connectivity index (χ3v) is 7.07.